The minimum absolute atomic E-state index is 0.00883. The largest absolute Gasteiger partial charge is 0.0622 e. The molecule has 664 valence electrons. The number of hydrogen-bond acceptors (Lipinski definition) is 0. The maximum atomic E-state index is 2.45. The molecule has 0 unspecified atom stereocenters. The number of fused-ring (bicyclic) bond motifs is 17. The lowest BCUT2D eigenvalue weighted by Crippen LogP contribution is -2.14. The van der Waals surface area contributed by atoms with Gasteiger partial charge in [-0.25, -0.2) is 0 Å². The molecule has 24 aromatic rings. The molecule has 0 atom stereocenters. The SMILES string of the molecule is Cc1ccc2c(-c3cccc(-c4ccc(-c5ccccc5)cc4)c3)c3ccccc3c(-c3ccc4c(c3)-c3ccccc3C4(C)C)c2c1.Cc1ccc2c(-c3cccc(-c4ccc5ccccc5c4)c3)c3ccccc3c(-c3ccc4c(c3)-c3ccccc3C4(C)C)c2c1.Cc1ccc2c(-c3cccc(-c4cccc5ccccc45)c3)c3ccccc3c(-c3ccc4c(c3)-c3ccccc3C4(C)C)c2c1. The highest BCUT2D eigenvalue weighted by Gasteiger charge is 2.39. The van der Waals surface area contributed by atoms with Crippen LogP contribution < -0.4 is 0 Å². The molecule has 0 heterocycles. The van der Waals surface area contributed by atoms with Crippen molar-refractivity contribution < 1.29 is 0 Å². The zero-order chi connectivity index (χ0) is 94.4. The van der Waals surface area contributed by atoms with Crippen molar-refractivity contribution in [3.63, 3.8) is 0 Å². The lowest BCUT2D eigenvalue weighted by molar-refractivity contribution is 0.660. The Labute approximate surface area is 820 Å². The molecule has 0 fully saturated rings. The lowest BCUT2D eigenvalue weighted by Gasteiger charge is -2.22. The fourth-order valence-corrected chi connectivity index (χ4v) is 24.3. The van der Waals surface area contributed by atoms with Gasteiger partial charge in [0, 0.05) is 16.2 Å². The van der Waals surface area contributed by atoms with Gasteiger partial charge in [-0.2, -0.15) is 0 Å². The highest BCUT2D eigenvalue weighted by molar-refractivity contribution is 6.25. The van der Waals surface area contributed by atoms with Crippen LogP contribution >= 0.6 is 0 Å². The van der Waals surface area contributed by atoms with E-state index in [2.05, 4.69) is 529 Å². The smallest absolute Gasteiger partial charge is 0.0158 e. The fraction of sp³-hybridized carbons (Fsp3) is 0.0857. The van der Waals surface area contributed by atoms with Crippen molar-refractivity contribution in [2.75, 3.05) is 0 Å². The van der Waals surface area contributed by atoms with E-state index in [1.807, 2.05) is 0 Å². The van der Waals surface area contributed by atoms with Crippen molar-refractivity contribution in [1.82, 2.24) is 0 Å². The minimum atomic E-state index is -0.0120. The Hall–Kier alpha value is -16.6. The van der Waals surface area contributed by atoms with Crippen LogP contribution in [-0.4, -0.2) is 0 Å². The number of rotatable bonds is 10. The average Bonchev–Trinajstić information content (AvgIpc) is 1.68. The van der Waals surface area contributed by atoms with Crippen LogP contribution in [0.15, 0.2) is 467 Å². The topological polar surface area (TPSA) is 0 Å². The number of aryl methyl sites for hydroxylation is 3. The Kier molecular flexibility index (Phi) is 20.5. The summed E-state index contributed by atoms with van der Waals surface area (Å²) in [6.07, 6.45) is 0. The molecule has 3 aliphatic rings. The molecule has 0 nitrogen and oxygen atoms in total. The summed E-state index contributed by atoms with van der Waals surface area (Å²) in [6.45, 7) is 20.7. The van der Waals surface area contributed by atoms with Crippen LogP contribution in [0.3, 0.4) is 0 Å². The van der Waals surface area contributed by atoms with Crippen LogP contribution in [0.25, 0.3) is 231 Å². The summed E-state index contributed by atoms with van der Waals surface area (Å²) in [5.41, 5.74) is 45.6. The predicted molar refractivity (Wildman–Crippen MR) is 601 cm³/mol. The molecule has 0 bridgehead atoms. The van der Waals surface area contributed by atoms with E-state index in [0.717, 1.165) is 0 Å². The highest BCUT2D eigenvalue weighted by Crippen LogP contribution is 2.57. The van der Waals surface area contributed by atoms with Gasteiger partial charge in [0.15, 0.2) is 0 Å². The maximum absolute atomic E-state index is 2.45. The van der Waals surface area contributed by atoms with Crippen molar-refractivity contribution in [2.24, 2.45) is 0 Å². The molecular formula is C140H104. The first-order chi connectivity index (χ1) is 68.4. The van der Waals surface area contributed by atoms with Crippen molar-refractivity contribution in [2.45, 2.75) is 78.6 Å². The lowest BCUT2D eigenvalue weighted by atomic mass is 9.81. The first-order valence-electron chi connectivity index (χ1n) is 49.5. The molecule has 0 spiro atoms. The number of benzene rings is 24. The molecule has 24 aromatic carbocycles. The van der Waals surface area contributed by atoms with Gasteiger partial charge < -0.3 is 0 Å². The summed E-state index contributed by atoms with van der Waals surface area (Å²) in [7, 11) is 0. The van der Waals surface area contributed by atoms with Crippen LogP contribution in [0.1, 0.15) is 91.6 Å². The number of hydrogen-bond donors (Lipinski definition) is 0. The first-order valence-corrected chi connectivity index (χ1v) is 49.5. The van der Waals surface area contributed by atoms with E-state index < -0.39 is 0 Å². The van der Waals surface area contributed by atoms with E-state index >= 15 is 0 Å². The second-order valence-corrected chi connectivity index (χ2v) is 40.6. The van der Waals surface area contributed by atoms with Gasteiger partial charge in [-0.1, -0.05) is 483 Å². The molecule has 3 aliphatic carbocycles. The van der Waals surface area contributed by atoms with Gasteiger partial charge in [-0.05, 0) is 327 Å². The van der Waals surface area contributed by atoms with Crippen LogP contribution in [0, 0.1) is 20.8 Å². The summed E-state index contributed by atoms with van der Waals surface area (Å²) in [5.74, 6) is 0. The molecule has 0 heteroatoms. The minimum Gasteiger partial charge on any atom is -0.0622 e. The Morgan fingerprint density at radius 3 is 0.779 bits per heavy atom. The molecule has 0 radical (unpaired) electrons. The van der Waals surface area contributed by atoms with Gasteiger partial charge in [-0.3, -0.25) is 0 Å². The molecule has 0 aliphatic heterocycles. The quantitative estimate of drug-likeness (QED) is 0.120. The first kappa shape index (κ1) is 85.1. The Morgan fingerprint density at radius 1 is 0.121 bits per heavy atom. The van der Waals surface area contributed by atoms with Gasteiger partial charge in [0.25, 0.3) is 0 Å². The van der Waals surface area contributed by atoms with Crippen LogP contribution in [0.5, 0.6) is 0 Å². The van der Waals surface area contributed by atoms with E-state index in [1.54, 1.807) is 0 Å². The van der Waals surface area contributed by atoms with E-state index in [0.29, 0.717) is 0 Å². The predicted octanol–water partition coefficient (Wildman–Crippen LogP) is 38.8. The van der Waals surface area contributed by atoms with E-state index in [4.69, 9.17) is 0 Å². The Bertz CT molecular complexity index is 9210. The molecule has 0 saturated heterocycles. The van der Waals surface area contributed by atoms with Crippen molar-refractivity contribution in [3.05, 3.63) is 517 Å². The monoisotopic (exact) mass is 1780 g/mol. The second kappa shape index (κ2) is 33.7. The summed E-state index contributed by atoms with van der Waals surface area (Å²) in [4.78, 5) is 0. The van der Waals surface area contributed by atoms with E-state index in [-0.39, 0.29) is 16.2 Å². The van der Waals surface area contributed by atoms with E-state index in [1.165, 1.54) is 281 Å². The fourth-order valence-electron chi connectivity index (χ4n) is 24.3. The molecule has 140 heavy (non-hydrogen) atoms. The normalized spacial score (nSPS) is 13.2. The molecule has 0 aromatic heterocycles. The molecule has 0 amide bonds. The molecular weight excluding hydrogens is 1680 g/mol. The third-order valence-corrected chi connectivity index (χ3v) is 31.1. The van der Waals surface area contributed by atoms with Gasteiger partial charge in [-0.15, -0.1) is 0 Å². The molecule has 0 N–H and O–H groups in total. The second-order valence-electron chi connectivity index (χ2n) is 40.6. The zero-order valence-corrected chi connectivity index (χ0v) is 80.5. The highest BCUT2D eigenvalue weighted by atomic mass is 14.4. The summed E-state index contributed by atoms with van der Waals surface area (Å²) >= 11 is 0. The van der Waals surface area contributed by atoms with Gasteiger partial charge in [0.05, 0.1) is 0 Å². The summed E-state index contributed by atoms with van der Waals surface area (Å²) in [5, 5.41) is 20.5. The maximum Gasteiger partial charge on any atom is 0.0158 e. The van der Waals surface area contributed by atoms with Crippen LogP contribution in [-0.2, 0) is 16.2 Å². The van der Waals surface area contributed by atoms with Crippen molar-refractivity contribution >= 4 is 86.2 Å². The molecule has 0 saturated carbocycles. The van der Waals surface area contributed by atoms with Gasteiger partial charge in [0.2, 0.25) is 0 Å². The third kappa shape index (κ3) is 14.2. The van der Waals surface area contributed by atoms with Gasteiger partial charge >= 0.3 is 0 Å². The standard InChI is InChI=1S/C48H36.2C46H34/c1-31-20-26-41-43(28-31)47(37-25-27-45-42(30-37)38-16-9-10-19-44(38)48(45,2)3)40-18-8-7-17-39(40)46(41)36-15-11-14-35(29-36)34-23-21-33(22-24-34)32-12-5-4-6-13-32;1-29-22-24-39-41(26-29)45(33-23-25-43-40(28-33)36-17-8-9-21-42(36)46(43,2)3)38-19-7-6-18-37(38)44(39)32-15-10-14-31(27-32)35-20-11-13-30-12-4-5-16-34(30)35;1-29-19-23-39-41(25-29)45(35-22-24-43-40(28-35)36-15-8-9-18-42(36)46(43,2)3)38-17-7-6-16-37(38)44(39)34-14-10-13-32(27-34)33-21-20-30-11-4-5-12-31(30)26-33/h4-30H,1-3H3;2*4-28H,1-3H3. The summed E-state index contributed by atoms with van der Waals surface area (Å²) < 4.78 is 0. The van der Waals surface area contributed by atoms with Gasteiger partial charge in [0.1, 0.15) is 0 Å². The van der Waals surface area contributed by atoms with Crippen LogP contribution in [0.4, 0.5) is 0 Å². The molecule has 27 rings (SSSR count). The Morgan fingerprint density at radius 2 is 0.364 bits per heavy atom. The Balaban J connectivity index is 0.000000111. The van der Waals surface area contributed by atoms with Crippen LogP contribution in [0.2, 0.25) is 0 Å². The summed E-state index contributed by atoms with van der Waals surface area (Å²) in [6, 6.07) is 174. The van der Waals surface area contributed by atoms with E-state index in [9.17, 15) is 0 Å². The van der Waals surface area contributed by atoms with Crippen molar-refractivity contribution in [1.29, 1.82) is 0 Å². The van der Waals surface area contributed by atoms with Crippen molar-refractivity contribution in [3.8, 4) is 145 Å². The zero-order valence-electron chi connectivity index (χ0n) is 80.5. The average molecular weight is 1790 g/mol. The third-order valence-electron chi connectivity index (χ3n) is 31.1.